The van der Waals surface area contributed by atoms with Crippen LogP contribution in [0, 0.1) is 0 Å². The van der Waals surface area contributed by atoms with Crippen LogP contribution in [0.15, 0.2) is 48.8 Å². The summed E-state index contributed by atoms with van der Waals surface area (Å²) in [5, 5.41) is 2.92. The van der Waals surface area contributed by atoms with Crippen molar-refractivity contribution in [3.63, 3.8) is 0 Å². The Bertz CT molecular complexity index is 1010. The van der Waals surface area contributed by atoms with Crippen LogP contribution in [0.3, 0.4) is 0 Å². The van der Waals surface area contributed by atoms with Gasteiger partial charge >= 0.3 is 0 Å². The van der Waals surface area contributed by atoms with Crippen LogP contribution in [0.25, 0.3) is 11.0 Å². The van der Waals surface area contributed by atoms with Gasteiger partial charge in [0.15, 0.2) is 0 Å². The van der Waals surface area contributed by atoms with Crippen molar-refractivity contribution in [1.29, 1.82) is 0 Å². The smallest absolute Gasteiger partial charge is 0.253 e. The van der Waals surface area contributed by atoms with Gasteiger partial charge in [-0.15, -0.1) is 0 Å². The van der Waals surface area contributed by atoms with Crippen molar-refractivity contribution >= 4 is 22.8 Å². The van der Waals surface area contributed by atoms with Crippen LogP contribution in [-0.4, -0.2) is 44.3 Å². The number of nitrogens with zero attached hydrogens (tertiary/aromatic N) is 4. The number of hydrogen-bond acceptors (Lipinski definition) is 4. The highest BCUT2D eigenvalue weighted by Crippen LogP contribution is 2.18. The minimum atomic E-state index is -0.192. The van der Waals surface area contributed by atoms with Crippen molar-refractivity contribution in [2.45, 2.75) is 45.2 Å². The molecule has 0 atom stereocenters. The van der Waals surface area contributed by atoms with Gasteiger partial charge in [-0.3, -0.25) is 14.6 Å². The topological polar surface area (TPSA) is 80.1 Å². The van der Waals surface area contributed by atoms with E-state index >= 15 is 0 Å². The number of carbonyl (C=O) groups excluding carboxylic acids is 2. The lowest BCUT2D eigenvalue weighted by molar-refractivity contribution is -0.131. The number of carbonyl (C=O) groups is 2. The normalized spacial score (nSPS) is 14.5. The Balaban J connectivity index is 1.47. The number of fused-ring (bicyclic) bond motifs is 1. The molecule has 3 heterocycles. The quantitative estimate of drug-likeness (QED) is 0.683. The fourth-order valence-corrected chi connectivity index (χ4v) is 3.95. The van der Waals surface area contributed by atoms with Crippen LogP contribution in [0.4, 0.5) is 0 Å². The maximum atomic E-state index is 12.8. The van der Waals surface area contributed by atoms with E-state index in [2.05, 4.69) is 14.9 Å². The van der Waals surface area contributed by atoms with Gasteiger partial charge in [0.05, 0.1) is 23.1 Å². The first-order valence-corrected chi connectivity index (χ1v) is 10.6. The fourth-order valence-electron chi connectivity index (χ4n) is 3.95. The van der Waals surface area contributed by atoms with Gasteiger partial charge in [-0.1, -0.05) is 25.0 Å². The van der Waals surface area contributed by atoms with E-state index in [0.29, 0.717) is 25.1 Å². The SMILES string of the molecule is O=C(NCc1nc2ccccc2n1CCC(=O)N1CCCCCC1)c1cccnc1. The summed E-state index contributed by atoms with van der Waals surface area (Å²) in [4.78, 5) is 35.8. The standard InChI is InChI=1S/C23H27N5O2/c29-22(27-13-5-1-2-6-14-27)11-15-28-20-10-4-3-9-19(20)26-21(28)17-25-23(30)18-8-7-12-24-16-18/h3-4,7-10,12,16H,1-2,5-6,11,13-15,17H2,(H,25,30). The van der Waals surface area contributed by atoms with E-state index in [1.807, 2.05) is 29.2 Å². The first-order chi connectivity index (χ1) is 14.7. The Morgan fingerprint density at radius 3 is 2.57 bits per heavy atom. The van der Waals surface area contributed by atoms with Crippen molar-refractivity contribution in [1.82, 2.24) is 24.8 Å². The predicted octanol–water partition coefficient (Wildman–Crippen LogP) is 3.15. The number of para-hydroxylation sites is 2. The van der Waals surface area contributed by atoms with Gasteiger partial charge in [-0.2, -0.15) is 0 Å². The lowest BCUT2D eigenvalue weighted by Gasteiger charge is -2.20. The Morgan fingerprint density at radius 2 is 1.80 bits per heavy atom. The van der Waals surface area contributed by atoms with Crippen molar-refractivity contribution in [3.8, 4) is 0 Å². The summed E-state index contributed by atoms with van der Waals surface area (Å²) in [5.41, 5.74) is 2.36. The van der Waals surface area contributed by atoms with E-state index in [4.69, 9.17) is 4.98 Å². The zero-order valence-corrected chi connectivity index (χ0v) is 17.1. The van der Waals surface area contributed by atoms with Gasteiger partial charge in [0.1, 0.15) is 5.82 Å². The molecule has 0 radical (unpaired) electrons. The largest absolute Gasteiger partial charge is 0.345 e. The molecule has 7 nitrogen and oxygen atoms in total. The number of amides is 2. The maximum absolute atomic E-state index is 12.8. The molecule has 0 unspecified atom stereocenters. The molecular weight excluding hydrogens is 378 g/mol. The monoisotopic (exact) mass is 405 g/mol. The molecule has 0 aliphatic carbocycles. The Morgan fingerprint density at radius 1 is 1.00 bits per heavy atom. The highest BCUT2D eigenvalue weighted by molar-refractivity contribution is 5.93. The van der Waals surface area contributed by atoms with Crippen LogP contribution < -0.4 is 5.32 Å². The molecule has 1 fully saturated rings. The maximum Gasteiger partial charge on any atom is 0.253 e. The Hall–Kier alpha value is -3.22. The summed E-state index contributed by atoms with van der Waals surface area (Å²) in [5.74, 6) is 0.750. The van der Waals surface area contributed by atoms with Crippen LogP contribution in [0.2, 0.25) is 0 Å². The molecule has 30 heavy (non-hydrogen) atoms. The lowest BCUT2D eigenvalue weighted by Crippen LogP contribution is -2.32. The molecule has 2 amide bonds. The van der Waals surface area contributed by atoms with Gasteiger partial charge < -0.3 is 14.8 Å². The van der Waals surface area contributed by atoms with E-state index in [0.717, 1.165) is 42.8 Å². The van der Waals surface area contributed by atoms with Crippen molar-refractivity contribution in [3.05, 3.63) is 60.2 Å². The second-order valence-electron chi connectivity index (χ2n) is 7.64. The van der Waals surface area contributed by atoms with E-state index in [1.54, 1.807) is 18.3 Å². The van der Waals surface area contributed by atoms with E-state index in [1.165, 1.54) is 19.0 Å². The molecule has 4 rings (SSSR count). The predicted molar refractivity (Wildman–Crippen MR) is 115 cm³/mol. The van der Waals surface area contributed by atoms with Crippen molar-refractivity contribution in [2.24, 2.45) is 0 Å². The Labute approximate surface area is 176 Å². The lowest BCUT2D eigenvalue weighted by atomic mass is 10.2. The molecule has 1 N–H and O–H groups in total. The zero-order chi connectivity index (χ0) is 20.8. The number of pyridine rings is 1. The highest BCUT2D eigenvalue weighted by Gasteiger charge is 2.18. The van der Waals surface area contributed by atoms with Gasteiger partial charge in [0.25, 0.3) is 5.91 Å². The minimum absolute atomic E-state index is 0.192. The molecule has 0 spiro atoms. The first kappa shape index (κ1) is 20.1. The van der Waals surface area contributed by atoms with Gasteiger partial charge in [0.2, 0.25) is 5.91 Å². The molecule has 0 bridgehead atoms. The Kier molecular flexibility index (Phi) is 6.37. The molecule has 2 aromatic heterocycles. The summed E-state index contributed by atoms with van der Waals surface area (Å²) < 4.78 is 2.05. The second kappa shape index (κ2) is 9.52. The third kappa shape index (κ3) is 4.67. The van der Waals surface area contributed by atoms with Gasteiger partial charge in [-0.25, -0.2) is 4.98 Å². The van der Waals surface area contributed by atoms with Crippen LogP contribution in [-0.2, 0) is 17.9 Å². The molecule has 1 aliphatic rings. The number of benzene rings is 1. The average molecular weight is 406 g/mol. The van der Waals surface area contributed by atoms with Crippen LogP contribution in [0.5, 0.6) is 0 Å². The minimum Gasteiger partial charge on any atom is -0.345 e. The number of aryl methyl sites for hydroxylation is 1. The number of nitrogens with one attached hydrogen (secondary N) is 1. The number of imidazole rings is 1. The summed E-state index contributed by atoms with van der Waals surface area (Å²) in [6, 6.07) is 11.3. The summed E-state index contributed by atoms with van der Waals surface area (Å²) in [7, 11) is 0. The zero-order valence-electron chi connectivity index (χ0n) is 17.1. The van der Waals surface area contributed by atoms with Gasteiger partial charge in [-0.05, 0) is 37.1 Å². The highest BCUT2D eigenvalue weighted by atomic mass is 16.2. The average Bonchev–Trinajstić information content (AvgIpc) is 2.93. The third-order valence-corrected chi connectivity index (χ3v) is 5.57. The molecule has 1 aromatic carbocycles. The molecule has 1 saturated heterocycles. The second-order valence-corrected chi connectivity index (χ2v) is 7.64. The van der Waals surface area contributed by atoms with Crippen LogP contribution >= 0.6 is 0 Å². The summed E-state index contributed by atoms with van der Waals surface area (Å²) in [6.07, 6.45) is 8.20. The molecule has 1 aliphatic heterocycles. The molecule has 0 saturated carbocycles. The summed E-state index contributed by atoms with van der Waals surface area (Å²) >= 11 is 0. The molecule has 156 valence electrons. The number of rotatable bonds is 6. The third-order valence-electron chi connectivity index (χ3n) is 5.57. The van der Waals surface area contributed by atoms with Gasteiger partial charge in [0, 0.05) is 38.4 Å². The number of aromatic nitrogens is 3. The van der Waals surface area contributed by atoms with Crippen LogP contribution in [0.1, 0.15) is 48.3 Å². The van der Waals surface area contributed by atoms with Crippen molar-refractivity contribution in [2.75, 3.05) is 13.1 Å². The fraction of sp³-hybridized carbons (Fsp3) is 0.391. The first-order valence-electron chi connectivity index (χ1n) is 10.6. The molecular formula is C23H27N5O2. The van der Waals surface area contributed by atoms with Crippen molar-refractivity contribution < 1.29 is 9.59 Å². The number of hydrogen-bond donors (Lipinski definition) is 1. The van der Waals surface area contributed by atoms with E-state index in [-0.39, 0.29) is 11.8 Å². The number of likely N-dealkylation sites (tertiary alicyclic amines) is 1. The molecule has 3 aromatic rings. The van der Waals surface area contributed by atoms with E-state index < -0.39 is 0 Å². The summed E-state index contributed by atoms with van der Waals surface area (Å²) in [6.45, 7) is 2.56. The van der Waals surface area contributed by atoms with E-state index in [9.17, 15) is 9.59 Å². The molecule has 7 heteroatoms.